The maximum atomic E-state index is 5.64. The van der Waals surface area contributed by atoms with Gasteiger partial charge in [0.25, 0.3) is 0 Å². The quantitative estimate of drug-likeness (QED) is 0.906. The van der Waals surface area contributed by atoms with Gasteiger partial charge in [0, 0.05) is 57.4 Å². The monoisotopic (exact) mass is 274 g/mol. The molecule has 2 heterocycles. The third-order valence-electron chi connectivity index (χ3n) is 4.24. The minimum absolute atomic E-state index is 0.148. The van der Waals surface area contributed by atoms with E-state index in [1.165, 1.54) is 16.5 Å². The van der Waals surface area contributed by atoms with E-state index in [4.69, 9.17) is 9.47 Å². The Morgan fingerprint density at radius 1 is 1.40 bits per heavy atom. The van der Waals surface area contributed by atoms with Crippen LogP contribution in [0, 0.1) is 0 Å². The number of benzene rings is 1. The number of ether oxygens (including phenoxy) is 2. The van der Waals surface area contributed by atoms with Gasteiger partial charge >= 0.3 is 0 Å². The second-order valence-corrected chi connectivity index (χ2v) is 5.58. The number of hydrogen-bond acceptors (Lipinski definition) is 3. The second kappa shape index (κ2) is 5.56. The third kappa shape index (κ3) is 2.46. The molecule has 0 saturated carbocycles. The van der Waals surface area contributed by atoms with Crippen molar-refractivity contribution in [3.63, 3.8) is 0 Å². The Kier molecular flexibility index (Phi) is 3.78. The summed E-state index contributed by atoms with van der Waals surface area (Å²) in [6.45, 7) is 3.16. The minimum atomic E-state index is -0.148. The molecule has 0 spiro atoms. The highest BCUT2D eigenvalue weighted by molar-refractivity contribution is 5.83. The Morgan fingerprint density at radius 2 is 2.25 bits per heavy atom. The molecule has 0 aliphatic carbocycles. The molecule has 0 bridgehead atoms. The van der Waals surface area contributed by atoms with Gasteiger partial charge in [0.1, 0.15) is 5.60 Å². The van der Waals surface area contributed by atoms with E-state index < -0.39 is 0 Å². The van der Waals surface area contributed by atoms with Crippen LogP contribution in [0.3, 0.4) is 0 Å². The van der Waals surface area contributed by atoms with Crippen LogP contribution in [0.15, 0.2) is 30.5 Å². The predicted molar refractivity (Wildman–Crippen MR) is 79.8 cm³/mol. The van der Waals surface area contributed by atoms with Crippen molar-refractivity contribution in [3.8, 4) is 0 Å². The average Bonchev–Trinajstić information content (AvgIpc) is 3.06. The Morgan fingerprint density at radius 3 is 3.00 bits per heavy atom. The molecule has 108 valence electrons. The molecule has 1 N–H and O–H groups in total. The first-order valence-electron chi connectivity index (χ1n) is 7.11. The molecule has 1 fully saturated rings. The smallest absolute Gasteiger partial charge is 0.106 e. The number of aromatic nitrogens is 1. The molecular weight excluding hydrogens is 252 g/mol. The highest BCUT2D eigenvalue weighted by atomic mass is 16.5. The van der Waals surface area contributed by atoms with E-state index >= 15 is 0 Å². The summed E-state index contributed by atoms with van der Waals surface area (Å²) in [7, 11) is 3.86. The van der Waals surface area contributed by atoms with Crippen molar-refractivity contribution in [1.82, 2.24) is 9.88 Å². The zero-order valence-electron chi connectivity index (χ0n) is 12.2. The van der Waals surface area contributed by atoms with Gasteiger partial charge in [-0.2, -0.15) is 0 Å². The van der Waals surface area contributed by atoms with Crippen LogP contribution in [0.4, 0.5) is 0 Å². The molecule has 0 amide bonds. The van der Waals surface area contributed by atoms with E-state index in [-0.39, 0.29) is 5.60 Å². The van der Waals surface area contributed by atoms with Crippen LogP contribution in [-0.4, -0.2) is 37.0 Å². The fourth-order valence-electron chi connectivity index (χ4n) is 2.95. The number of fused-ring (bicyclic) bond motifs is 1. The molecule has 2 aromatic rings. The fraction of sp³-hybridized carbons (Fsp3) is 0.500. The Balaban J connectivity index is 1.68. The molecule has 0 radical (unpaired) electrons. The number of methoxy groups -OCH3 is 1. The lowest BCUT2D eigenvalue weighted by Gasteiger charge is -2.25. The van der Waals surface area contributed by atoms with Gasteiger partial charge in [0.05, 0.1) is 6.61 Å². The minimum Gasteiger partial charge on any atom is -0.378 e. The standard InChI is InChI=1S/C16H22N2O2/c1-18-10-13(14-5-3-4-6-15(14)18)9-17-11-16(19-2)7-8-20-12-16/h3-6,10,17H,7-9,11-12H2,1-2H3. The van der Waals surface area contributed by atoms with Crippen molar-refractivity contribution in [2.24, 2.45) is 7.05 Å². The van der Waals surface area contributed by atoms with E-state index in [0.717, 1.165) is 26.1 Å². The van der Waals surface area contributed by atoms with E-state index in [2.05, 4.69) is 47.4 Å². The molecule has 1 aromatic heterocycles. The molecule has 4 heteroatoms. The Hall–Kier alpha value is -1.36. The van der Waals surface area contributed by atoms with Crippen LogP contribution >= 0.6 is 0 Å². The van der Waals surface area contributed by atoms with Gasteiger partial charge in [0.15, 0.2) is 0 Å². The molecule has 1 aliphatic heterocycles. The van der Waals surface area contributed by atoms with Gasteiger partial charge < -0.3 is 19.4 Å². The van der Waals surface area contributed by atoms with Crippen LogP contribution < -0.4 is 5.32 Å². The van der Waals surface area contributed by atoms with Crippen LogP contribution in [-0.2, 0) is 23.1 Å². The van der Waals surface area contributed by atoms with E-state index in [1.54, 1.807) is 7.11 Å². The summed E-state index contributed by atoms with van der Waals surface area (Å²) in [5.74, 6) is 0. The first-order valence-corrected chi connectivity index (χ1v) is 7.11. The first-order chi connectivity index (χ1) is 9.74. The summed E-state index contributed by atoms with van der Waals surface area (Å²) in [6, 6.07) is 8.50. The summed E-state index contributed by atoms with van der Waals surface area (Å²) >= 11 is 0. The Labute approximate surface area is 119 Å². The number of para-hydroxylation sites is 1. The molecule has 3 rings (SSSR count). The topological polar surface area (TPSA) is 35.4 Å². The van der Waals surface area contributed by atoms with Crippen molar-refractivity contribution < 1.29 is 9.47 Å². The van der Waals surface area contributed by atoms with Gasteiger partial charge in [-0.3, -0.25) is 0 Å². The van der Waals surface area contributed by atoms with Gasteiger partial charge in [-0.15, -0.1) is 0 Å². The second-order valence-electron chi connectivity index (χ2n) is 5.58. The number of hydrogen-bond donors (Lipinski definition) is 1. The number of rotatable bonds is 5. The van der Waals surface area contributed by atoms with Crippen molar-refractivity contribution in [2.45, 2.75) is 18.6 Å². The third-order valence-corrected chi connectivity index (χ3v) is 4.24. The molecule has 1 atom stereocenters. The summed E-state index contributed by atoms with van der Waals surface area (Å²) in [5.41, 5.74) is 2.45. The first kappa shape index (κ1) is 13.6. The molecular formula is C16H22N2O2. The highest BCUT2D eigenvalue weighted by Gasteiger charge is 2.34. The van der Waals surface area contributed by atoms with Crippen molar-refractivity contribution >= 4 is 10.9 Å². The van der Waals surface area contributed by atoms with E-state index in [0.29, 0.717) is 6.61 Å². The van der Waals surface area contributed by atoms with Gasteiger partial charge in [0.2, 0.25) is 0 Å². The summed E-state index contributed by atoms with van der Waals surface area (Å²) < 4.78 is 13.3. The molecule has 1 unspecified atom stereocenters. The fourth-order valence-corrected chi connectivity index (χ4v) is 2.95. The molecule has 1 aromatic carbocycles. The van der Waals surface area contributed by atoms with Gasteiger partial charge in [-0.1, -0.05) is 18.2 Å². The predicted octanol–water partition coefficient (Wildman–Crippen LogP) is 2.07. The highest BCUT2D eigenvalue weighted by Crippen LogP contribution is 2.23. The van der Waals surface area contributed by atoms with Crippen LogP contribution in [0.2, 0.25) is 0 Å². The summed E-state index contributed by atoms with van der Waals surface area (Å²) in [5, 5.41) is 4.84. The lowest BCUT2D eigenvalue weighted by atomic mass is 10.0. The Bertz CT molecular complexity index is 585. The van der Waals surface area contributed by atoms with Crippen molar-refractivity contribution in [1.29, 1.82) is 0 Å². The molecule has 1 aliphatic rings. The number of nitrogens with one attached hydrogen (secondary N) is 1. The summed E-state index contributed by atoms with van der Waals surface area (Å²) in [4.78, 5) is 0. The van der Waals surface area contributed by atoms with Crippen LogP contribution in [0.25, 0.3) is 10.9 Å². The maximum absolute atomic E-state index is 5.64. The SMILES string of the molecule is COC1(CNCc2cn(C)c3ccccc23)CCOC1. The zero-order chi connectivity index (χ0) is 14.0. The van der Waals surface area contributed by atoms with Gasteiger partial charge in [-0.05, 0) is 11.6 Å². The lowest BCUT2D eigenvalue weighted by Crippen LogP contribution is -2.42. The van der Waals surface area contributed by atoms with E-state index in [1.807, 2.05) is 0 Å². The number of nitrogens with zero attached hydrogens (tertiary/aromatic N) is 1. The van der Waals surface area contributed by atoms with E-state index in [9.17, 15) is 0 Å². The molecule has 1 saturated heterocycles. The van der Waals surface area contributed by atoms with Crippen molar-refractivity contribution in [3.05, 3.63) is 36.0 Å². The molecule has 20 heavy (non-hydrogen) atoms. The lowest BCUT2D eigenvalue weighted by molar-refractivity contribution is -0.0159. The van der Waals surface area contributed by atoms with Crippen LogP contribution in [0.1, 0.15) is 12.0 Å². The van der Waals surface area contributed by atoms with Gasteiger partial charge in [-0.25, -0.2) is 0 Å². The zero-order valence-corrected chi connectivity index (χ0v) is 12.2. The maximum Gasteiger partial charge on any atom is 0.106 e. The summed E-state index contributed by atoms with van der Waals surface area (Å²) in [6.07, 6.45) is 3.16. The van der Waals surface area contributed by atoms with Crippen molar-refractivity contribution in [2.75, 3.05) is 26.9 Å². The number of aryl methyl sites for hydroxylation is 1. The largest absolute Gasteiger partial charge is 0.378 e. The average molecular weight is 274 g/mol. The normalized spacial score (nSPS) is 22.7. The molecule has 4 nitrogen and oxygen atoms in total. The van der Waals surface area contributed by atoms with Crippen LogP contribution in [0.5, 0.6) is 0 Å².